The Balaban J connectivity index is 2.14. The van der Waals surface area contributed by atoms with E-state index >= 15 is 0 Å². The summed E-state index contributed by atoms with van der Waals surface area (Å²) in [5, 5.41) is 6.11. The van der Waals surface area contributed by atoms with Crippen LogP contribution in [0.3, 0.4) is 0 Å². The monoisotopic (exact) mass is 209 g/mol. The molecule has 1 saturated carbocycles. The summed E-state index contributed by atoms with van der Waals surface area (Å²) >= 11 is 0. The third-order valence-corrected chi connectivity index (χ3v) is 3.17. The summed E-state index contributed by atoms with van der Waals surface area (Å²) in [6.45, 7) is 6.20. The first-order chi connectivity index (χ1) is 7.02. The van der Waals surface area contributed by atoms with Gasteiger partial charge in [0.25, 0.3) is 5.91 Å². The molecule has 2 atom stereocenters. The van der Waals surface area contributed by atoms with E-state index in [1.165, 1.54) is 0 Å². The molecule has 1 aliphatic carbocycles. The Hall–Kier alpha value is -1.06. The molecule has 1 aliphatic heterocycles. The van der Waals surface area contributed by atoms with Crippen molar-refractivity contribution < 1.29 is 4.79 Å². The number of nitrogens with zero attached hydrogens (tertiary/aromatic N) is 1. The molecule has 15 heavy (non-hydrogen) atoms. The fraction of sp³-hybridized carbons (Fsp3) is 0.818. The second-order valence-electron chi connectivity index (χ2n) is 5.08. The molecule has 1 spiro atoms. The van der Waals surface area contributed by atoms with E-state index < -0.39 is 0 Å². The van der Waals surface area contributed by atoms with Crippen molar-refractivity contribution in [3.63, 3.8) is 0 Å². The second kappa shape index (κ2) is 3.51. The lowest BCUT2D eigenvalue weighted by molar-refractivity contribution is -0.123. The maximum Gasteiger partial charge on any atom is 0.252 e. The highest BCUT2D eigenvalue weighted by Crippen LogP contribution is 2.36. The lowest BCUT2D eigenvalue weighted by Crippen LogP contribution is -2.44. The van der Waals surface area contributed by atoms with Gasteiger partial charge in [0.15, 0.2) is 5.96 Å². The Morgan fingerprint density at radius 3 is 2.80 bits per heavy atom. The standard InChI is InChI=1S/C11H19N3O/c1-7(2)12-10-13-9(15)11(14-10)5-4-8(3)6-11/h7-8H,4-6H2,1-3H3,(H2,12,13,14,15). The Morgan fingerprint density at radius 1 is 1.53 bits per heavy atom. The first-order valence-electron chi connectivity index (χ1n) is 5.69. The molecule has 2 unspecified atom stereocenters. The molecule has 1 saturated heterocycles. The highest BCUT2D eigenvalue weighted by Gasteiger charge is 2.49. The van der Waals surface area contributed by atoms with Crippen molar-refractivity contribution in [1.82, 2.24) is 10.6 Å². The summed E-state index contributed by atoms with van der Waals surface area (Å²) in [5.74, 6) is 1.39. The number of hydrogen-bond acceptors (Lipinski definition) is 2. The maximum absolute atomic E-state index is 11.9. The summed E-state index contributed by atoms with van der Waals surface area (Å²) in [7, 11) is 0. The Labute approximate surface area is 90.5 Å². The Morgan fingerprint density at radius 2 is 2.27 bits per heavy atom. The molecule has 0 aromatic carbocycles. The van der Waals surface area contributed by atoms with Crippen molar-refractivity contribution >= 4 is 11.9 Å². The van der Waals surface area contributed by atoms with E-state index in [0.717, 1.165) is 19.3 Å². The van der Waals surface area contributed by atoms with Gasteiger partial charge in [-0.05, 0) is 39.0 Å². The van der Waals surface area contributed by atoms with Crippen molar-refractivity contribution in [1.29, 1.82) is 0 Å². The smallest absolute Gasteiger partial charge is 0.252 e. The lowest BCUT2D eigenvalue weighted by Gasteiger charge is -2.19. The molecular formula is C11H19N3O. The van der Waals surface area contributed by atoms with Gasteiger partial charge >= 0.3 is 0 Å². The minimum Gasteiger partial charge on any atom is -0.342 e. The molecular weight excluding hydrogens is 190 g/mol. The van der Waals surface area contributed by atoms with E-state index in [2.05, 4.69) is 22.5 Å². The molecule has 2 N–H and O–H groups in total. The van der Waals surface area contributed by atoms with Crippen molar-refractivity contribution in [3.05, 3.63) is 0 Å². The van der Waals surface area contributed by atoms with Gasteiger partial charge in [0.05, 0.1) is 0 Å². The summed E-state index contributed by atoms with van der Waals surface area (Å²) in [6.07, 6.45) is 2.97. The fourth-order valence-electron chi connectivity index (χ4n) is 2.48. The van der Waals surface area contributed by atoms with Gasteiger partial charge in [-0.3, -0.25) is 15.1 Å². The van der Waals surface area contributed by atoms with E-state index in [-0.39, 0.29) is 17.5 Å². The Bertz CT molecular complexity index is 311. The predicted molar refractivity (Wildman–Crippen MR) is 59.6 cm³/mol. The fourth-order valence-corrected chi connectivity index (χ4v) is 2.48. The van der Waals surface area contributed by atoms with E-state index in [9.17, 15) is 4.79 Å². The van der Waals surface area contributed by atoms with Crippen LogP contribution in [0, 0.1) is 5.92 Å². The first-order valence-corrected chi connectivity index (χ1v) is 5.69. The molecule has 4 heteroatoms. The number of aliphatic imine (C=N–C) groups is 1. The molecule has 2 aliphatic rings. The van der Waals surface area contributed by atoms with Crippen molar-refractivity contribution in [2.24, 2.45) is 10.9 Å². The van der Waals surface area contributed by atoms with Crippen molar-refractivity contribution in [3.8, 4) is 0 Å². The summed E-state index contributed by atoms with van der Waals surface area (Å²) in [5.41, 5.74) is -0.354. The molecule has 0 radical (unpaired) electrons. The van der Waals surface area contributed by atoms with Crippen LogP contribution in [-0.2, 0) is 4.79 Å². The van der Waals surface area contributed by atoms with Crippen molar-refractivity contribution in [2.75, 3.05) is 0 Å². The van der Waals surface area contributed by atoms with Crippen LogP contribution in [0.15, 0.2) is 4.99 Å². The zero-order chi connectivity index (χ0) is 11.1. The molecule has 0 aromatic rings. The first kappa shape index (κ1) is 10.5. The van der Waals surface area contributed by atoms with Gasteiger partial charge in [-0.2, -0.15) is 0 Å². The van der Waals surface area contributed by atoms with Crippen LogP contribution < -0.4 is 10.6 Å². The van der Waals surface area contributed by atoms with Gasteiger partial charge in [-0.15, -0.1) is 0 Å². The van der Waals surface area contributed by atoms with Crippen LogP contribution in [-0.4, -0.2) is 23.4 Å². The molecule has 84 valence electrons. The van der Waals surface area contributed by atoms with E-state index in [1.807, 2.05) is 13.8 Å². The third-order valence-electron chi connectivity index (χ3n) is 3.17. The molecule has 1 amide bonds. The largest absolute Gasteiger partial charge is 0.342 e. The van der Waals surface area contributed by atoms with Crippen LogP contribution in [0.4, 0.5) is 0 Å². The number of rotatable bonds is 1. The molecule has 2 fully saturated rings. The third kappa shape index (κ3) is 1.85. The average molecular weight is 209 g/mol. The SMILES string of the molecule is CC1CCC2(C1)NC(=NC(C)C)NC2=O. The van der Waals surface area contributed by atoms with Crippen LogP contribution in [0.2, 0.25) is 0 Å². The maximum atomic E-state index is 11.9. The van der Waals surface area contributed by atoms with Crippen LogP contribution in [0.25, 0.3) is 0 Å². The minimum absolute atomic E-state index is 0.103. The molecule has 4 nitrogen and oxygen atoms in total. The van der Waals surface area contributed by atoms with Gasteiger partial charge in [0.1, 0.15) is 5.54 Å². The van der Waals surface area contributed by atoms with Gasteiger partial charge in [0, 0.05) is 6.04 Å². The number of nitrogens with one attached hydrogen (secondary N) is 2. The predicted octanol–water partition coefficient (Wildman–Crippen LogP) is 1.03. The lowest BCUT2D eigenvalue weighted by atomic mass is 9.97. The number of amides is 1. The average Bonchev–Trinajstić information content (AvgIpc) is 2.58. The summed E-state index contributed by atoms with van der Waals surface area (Å²) < 4.78 is 0. The van der Waals surface area contributed by atoms with E-state index in [1.54, 1.807) is 0 Å². The zero-order valence-electron chi connectivity index (χ0n) is 9.63. The number of carbonyl (C=O) groups excluding carboxylic acids is 1. The number of guanidine groups is 1. The Kier molecular flexibility index (Phi) is 2.44. The van der Waals surface area contributed by atoms with Gasteiger partial charge < -0.3 is 5.32 Å². The van der Waals surface area contributed by atoms with Crippen LogP contribution in [0.1, 0.15) is 40.0 Å². The van der Waals surface area contributed by atoms with Gasteiger partial charge in [0.2, 0.25) is 0 Å². The highest BCUT2D eigenvalue weighted by molar-refractivity contribution is 6.09. The highest BCUT2D eigenvalue weighted by atomic mass is 16.2. The van der Waals surface area contributed by atoms with Crippen LogP contribution >= 0.6 is 0 Å². The van der Waals surface area contributed by atoms with E-state index in [4.69, 9.17) is 0 Å². The number of hydrogen-bond donors (Lipinski definition) is 2. The zero-order valence-corrected chi connectivity index (χ0v) is 9.63. The molecule has 0 aromatic heterocycles. The summed E-state index contributed by atoms with van der Waals surface area (Å²) in [4.78, 5) is 16.2. The van der Waals surface area contributed by atoms with E-state index in [0.29, 0.717) is 11.9 Å². The second-order valence-corrected chi connectivity index (χ2v) is 5.08. The van der Waals surface area contributed by atoms with Crippen LogP contribution in [0.5, 0.6) is 0 Å². The van der Waals surface area contributed by atoms with Gasteiger partial charge in [-0.25, -0.2) is 0 Å². The molecule has 2 rings (SSSR count). The minimum atomic E-state index is -0.354. The normalized spacial score (nSPS) is 37.7. The summed E-state index contributed by atoms with van der Waals surface area (Å²) in [6, 6.07) is 0.210. The molecule has 0 bridgehead atoms. The van der Waals surface area contributed by atoms with Gasteiger partial charge in [-0.1, -0.05) is 6.92 Å². The van der Waals surface area contributed by atoms with Crippen molar-refractivity contribution in [2.45, 2.75) is 51.6 Å². The quantitative estimate of drug-likeness (QED) is 0.677. The topological polar surface area (TPSA) is 53.5 Å². The molecule has 1 heterocycles. The number of carbonyl (C=O) groups is 1.